The van der Waals surface area contributed by atoms with Gasteiger partial charge in [0.15, 0.2) is 0 Å². The van der Waals surface area contributed by atoms with Crippen molar-refractivity contribution in [3.05, 3.63) is 0 Å². The Kier molecular flexibility index (Phi) is 1.43. The second kappa shape index (κ2) is 2.12. The Bertz CT molecular complexity index is 24.3. The lowest BCUT2D eigenvalue weighted by molar-refractivity contribution is 0.0704. The van der Waals surface area contributed by atoms with Gasteiger partial charge < -0.3 is 4.74 Å². The molecule has 0 atom stereocenters. The highest BCUT2D eigenvalue weighted by molar-refractivity contribution is 4.40. The zero-order valence-electron chi connectivity index (χ0n) is 3.53. The molecule has 0 unspecified atom stereocenters. The summed E-state index contributed by atoms with van der Waals surface area (Å²) >= 11 is 0. The van der Waals surface area contributed by atoms with E-state index in [0.717, 1.165) is 13.2 Å². The van der Waals surface area contributed by atoms with Crippen molar-refractivity contribution < 1.29 is 4.74 Å². The summed E-state index contributed by atoms with van der Waals surface area (Å²) in [6.07, 6.45) is 0. The van der Waals surface area contributed by atoms with Gasteiger partial charge in [0.05, 0.1) is 6.61 Å². The van der Waals surface area contributed by atoms with Gasteiger partial charge in [-0.15, -0.1) is 0 Å². The minimum absolute atomic E-state index is 0.639. The minimum atomic E-state index is 0.639. The van der Waals surface area contributed by atoms with Gasteiger partial charge in [0, 0.05) is 6.54 Å². The molecule has 0 aromatic heterocycles. The maximum absolute atomic E-state index is 4.90. The lowest BCUT2D eigenvalue weighted by atomic mass is 10.7. The van der Waals surface area contributed by atoms with Gasteiger partial charge >= 0.3 is 0 Å². The molecule has 0 spiro atoms. The number of hydrazine groups is 1. The van der Waals surface area contributed by atoms with E-state index in [1.54, 1.807) is 0 Å². The molecule has 1 aliphatic rings. The van der Waals surface area contributed by atoms with Crippen LogP contribution in [0.4, 0.5) is 0 Å². The number of hydrogen-bond donors (Lipinski definition) is 2. The van der Waals surface area contributed by atoms with Crippen molar-refractivity contribution in [2.75, 3.05) is 19.9 Å². The summed E-state index contributed by atoms with van der Waals surface area (Å²) in [6.45, 7) is 2.38. The maximum atomic E-state index is 4.90. The Labute approximate surface area is 36.6 Å². The van der Waals surface area contributed by atoms with E-state index in [1.807, 2.05) is 0 Å². The first-order valence-corrected chi connectivity index (χ1v) is 2.03. The standard InChI is InChI=1S/C3H8N2O/c1-2-6-3-5-4-1/h4-5H,1-3H2. The zero-order chi connectivity index (χ0) is 4.24. The Balaban J connectivity index is 2.00. The molecule has 3 heteroatoms. The molecule has 0 aromatic carbocycles. The molecule has 0 bridgehead atoms. The predicted octanol–water partition coefficient (Wildman–Crippen LogP) is -0.932. The third-order valence-electron chi connectivity index (χ3n) is 0.671. The van der Waals surface area contributed by atoms with Gasteiger partial charge in [-0.3, -0.25) is 5.43 Å². The first kappa shape index (κ1) is 4.05. The number of ether oxygens (including phenoxy) is 1. The van der Waals surface area contributed by atoms with Gasteiger partial charge in [0.2, 0.25) is 0 Å². The summed E-state index contributed by atoms with van der Waals surface area (Å²) in [4.78, 5) is 0. The molecule has 6 heavy (non-hydrogen) atoms. The molecule has 3 nitrogen and oxygen atoms in total. The molecule has 1 fully saturated rings. The van der Waals surface area contributed by atoms with E-state index in [0.29, 0.717) is 6.73 Å². The summed E-state index contributed by atoms with van der Waals surface area (Å²) in [5.74, 6) is 0. The normalized spacial score (nSPS) is 24.0. The van der Waals surface area contributed by atoms with Crippen LogP contribution >= 0.6 is 0 Å². The Morgan fingerprint density at radius 1 is 1.33 bits per heavy atom. The molecule has 0 saturated carbocycles. The highest BCUT2D eigenvalue weighted by atomic mass is 16.5. The lowest BCUT2D eigenvalue weighted by Gasteiger charge is -2.12. The minimum Gasteiger partial charge on any atom is -0.364 e. The first-order valence-electron chi connectivity index (χ1n) is 2.03. The van der Waals surface area contributed by atoms with Crippen LogP contribution in [0.25, 0.3) is 0 Å². The van der Waals surface area contributed by atoms with Crippen molar-refractivity contribution in [1.29, 1.82) is 0 Å². The average molecular weight is 88.1 g/mol. The van der Waals surface area contributed by atoms with Crippen molar-refractivity contribution in [2.24, 2.45) is 0 Å². The van der Waals surface area contributed by atoms with E-state index in [9.17, 15) is 0 Å². The van der Waals surface area contributed by atoms with E-state index in [1.165, 1.54) is 0 Å². The molecule has 1 aliphatic heterocycles. The van der Waals surface area contributed by atoms with Crippen molar-refractivity contribution >= 4 is 0 Å². The van der Waals surface area contributed by atoms with Gasteiger partial charge in [-0.2, -0.15) is 0 Å². The summed E-state index contributed by atoms with van der Waals surface area (Å²) in [7, 11) is 0. The fourth-order valence-electron chi connectivity index (χ4n) is 0.386. The van der Waals surface area contributed by atoms with Crippen LogP contribution in [0.5, 0.6) is 0 Å². The highest BCUT2D eigenvalue weighted by Gasteiger charge is 1.91. The molecule has 0 amide bonds. The molecular formula is C3H8N2O. The third kappa shape index (κ3) is 0.931. The SMILES string of the molecule is C1COCNN1. The van der Waals surface area contributed by atoms with E-state index in [2.05, 4.69) is 10.9 Å². The summed E-state index contributed by atoms with van der Waals surface area (Å²) in [5.41, 5.74) is 5.72. The van der Waals surface area contributed by atoms with E-state index >= 15 is 0 Å². The topological polar surface area (TPSA) is 33.3 Å². The third-order valence-corrected chi connectivity index (χ3v) is 0.671. The van der Waals surface area contributed by atoms with E-state index in [-0.39, 0.29) is 0 Å². The van der Waals surface area contributed by atoms with Crippen molar-refractivity contribution in [2.45, 2.75) is 0 Å². The quantitative estimate of drug-likeness (QED) is 0.401. The van der Waals surface area contributed by atoms with Crippen LogP contribution in [0.2, 0.25) is 0 Å². The first-order chi connectivity index (χ1) is 3.00. The molecule has 0 aliphatic carbocycles. The van der Waals surface area contributed by atoms with Gasteiger partial charge in [-0.25, -0.2) is 5.43 Å². The predicted molar refractivity (Wildman–Crippen MR) is 22.0 cm³/mol. The van der Waals surface area contributed by atoms with E-state index < -0.39 is 0 Å². The Hall–Kier alpha value is -0.120. The largest absolute Gasteiger partial charge is 0.364 e. The summed E-state index contributed by atoms with van der Waals surface area (Å²) < 4.78 is 4.90. The van der Waals surface area contributed by atoms with Crippen LogP contribution in [-0.2, 0) is 4.74 Å². The van der Waals surface area contributed by atoms with Gasteiger partial charge in [0.25, 0.3) is 0 Å². The molecular weight excluding hydrogens is 80.0 g/mol. The number of nitrogens with one attached hydrogen (secondary N) is 2. The van der Waals surface area contributed by atoms with Gasteiger partial charge in [-0.05, 0) is 0 Å². The van der Waals surface area contributed by atoms with Crippen LogP contribution in [-0.4, -0.2) is 19.9 Å². The molecule has 1 rings (SSSR count). The highest BCUT2D eigenvalue weighted by Crippen LogP contribution is 1.70. The van der Waals surface area contributed by atoms with Gasteiger partial charge in [-0.1, -0.05) is 0 Å². The molecule has 0 aromatic rings. The second-order valence-electron chi connectivity index (χ2n) is 1.16. The fourth-order valence-corrected chi connectivity index (χ4v) is 0.386. The molecule has 36 valence electrons. The molecule has 2 N–H and O–H groups in total. The number of hydrogen-bond acceptors (Lipinski definition) is 3. The van der Waals surface area contributed by atoms with Crippen LogP contribution in [0.3, 0.4) is 0 Å². The summed E-state index contributed by atoms with van der Waals surface area (Å²) in [6, 6.07) is 0. The van der Waals surface area contributed by atoms with Gasteiger partial charge in [0.1, 0.15) is 6.73 Å². The zero-order valence-corrected chi connectivity index (χ0v) is 3.53. The fraction of sp³-hybridized carbons (Fsp3) is 1.00. The van der Waals surface area contributed by atoms with Crippen molar-refractivity contribution in [1.82, 2.24) is 10.9 Å². The second-order valence-corrected chi connectivity index (χ2v) is 1.16. The Morgan fingerprint density at radius 3 is 2.50 bits per heavy atom. The van der Waals surface area contributed by atoms with E-state index in [4.69, 9.17) is 4.74 Å². The Morgan fingerprint density at radius 2 is 2.33 bits per heavy atom. The number of rotatable bonds is 0. The monoisotopic (exact) mass is 88.1 g/mol. The molecule has 0 radical (unpaired) electrons. The van der Waals surface area contributed by atoms with Crippen molar-refractivity contribution in [3.8, 4) is 0 Å². The maximum Gasteiger partial charge on any atom is 0.109 e. The molecule has 1 saturated heterocycles. The summed E-state index contributed by atoms with van der Waals surface area (Å²) in [5, 5.41) is 0. The van der Waals surface area contributed by atoms with Crippen LogP contribution in [0.15, 0.2) is 0 Å². The van der Waals surface area contributed by atoms with Crippen molar-refractivity contribution in [3.63, 3.8) is 0 Å². The smallest absolute Gasteiger partial charge is 0.109 e. The lowest BCUT2D eigenvalue weighted by Crippen LogP contribution is -2.41. The average Bonchev–Trinajstić information content (AvgIpc) is 1.72. The molecule has 1 heterocycles. The van der Waals surface area contributed by atoms with Crippen LogP contribution in [0, 0.1) is 0 Å². The van der Waals surface area contributed by atoms with Crippen LogP contribution in [0.1, 0.15) is 0 Å². The van der Waals surface area contributed by atoms with Crippen LogP contribution < -0.4 is 10.9 Å².